The molecule has 0 radical (unpaired) electrons. The highest BCUT2D eigenvalue weighted by Crippen LogP contribution is 2.26. The van der Waals surface area contributed by atoms with E-state index in [-0.39, 0.29) is 18.0 Å². The van der Waals surface area contributed by atoms with Gasteiger partial charge in [-0.15, -0.1) is 0 Å². The van der Waals surface area contributed by atoms with Gasteiger partial charge in [-0.25, -0.2) is 0 Å². The molecular formula is C17H27N3O. The largest absolute Gasteiger partial charge is 0.381 e. The Morgan fingerprint density at radius 3 is 2.67 bits per heavy atom. The van der Waals surface area contributed by atoms with Gasteiger partial charge in [-0.2, -0.15) is 0 Å². The number of benzene rings is 1. The molecule has 1 heterocycles. The maximum absolute atomic E-state index is 12.8. The topological polar surface area (TPSA) is 44.4 Å². The van der Waals surface area contributed by atoms with E-state index in [4.69, 9.17) is 0 Å². The summed E-state index contributed by atoms with van der Waals surface area (Å²) >= 11 is 0. The summed E-state index contributed by atoms with van der Waals surface area (Å²) in [6, 6.07) is 8.10. The van der Waals surface area contributed by atoms with Gasteiger partial charge in [0.05, 0.1) is 11.4 Å². The van der Waals surface area contributed by atoms with Gasteiger partial charge in [-0.1, -0.05) is 31.9 Å². The summed E-state index contributed by atoms with van der Waals surface area (Å²) in [6.45, 7) is 7.87. The van der Waals surface area contributed by atoms with Crippen molar-refractivity contribution in [3.63, 3.8) is 0 Å². The molecule has 1 atom stereocenters. The number of hydrogen-bond donors (Lipinski definition) is 2. The summed E-state index contributed by atoms with van der Waals surface area (Å²) in [6.07, 6.45) is 3.43. The first-order valence-electron chi connectivity index (χ1n) is 8.03. The molecule has 1 aliphatic heterocycles. The molecule has 2 N–H and O–H groups in total. The number of nitrogens with one attached hydrogen (secondary N) is 2. The van der Waals surface area contributed by atoms with Crippen LogP contribution in [0.15, 0.2) is 24.3 Å². The summed E-state index contributed by atoms with van der Waals surface area (Å²) in [4.78, 5) is 14.8. The SMILES string of the molecule is CCCCCN(C(=O)C1CNc2ccccc2N1)C(C)C. The Bertz CT molecular complexity index is 473. The maximum atomic E-state index is 12.8. The second kappa shape index (κ2) is 7.34. The number of para-hydroxylation sites is 2. The summed E-state index contributed by atoms with van der Waals surface area (Å²) < 4.78 is 0. The molecule has 1 aromatic carbocycles. The summed E-state index contributed by atoms with van der Waals surface area (Å²) in [5, 5.41) is 6.71. The van der Waals surface area contributed by atoms with Crippen molar-refractivity contribution in [3.05, 3.63) is 24.3 Å². The average molecular weight is 289 g/mol. The number of carbonyl (C=O) groups is 1. The van der Waals surface area contributed by atoms with E-state index in [9.17, 15) is 4.79 Å². The Labute approximate surface area is 127 Å². The molecule has 0 saturated carbocycles. The molecule has 1 unspecified atom stereocenters. The van der Waals surface area contributed by atoms with Gasteiger partial charge in [-0.05, 0) is 32.4 Å². The fourth-order valence-corrected chi connectivity index (χ4v) is 2.72. The quantitative estimate of drug-likeness (QED) is 0.790. The number of unbranched alkanes of at least 4 members (excludes halogenated alkanes) is 2. The molecule has 4 nitrogen and oxygen atoms in total. The Hall–Kier alpha value is -1.71. The van der Waals surface area contributed by atoms with Crippen LogP contribution in [0.1, 0.15) is 40.0 Å². The molecule has 0 bridgehead atoms. The molecule has 116 valence electrons. The lowest BCUT2D eigenvalue weighted by atomic mass is 10.1. The Balaban J connectivity index is 2.01. The second-order valence-electron chi connectivity index (χ2n) is 5.96. The number of carbonyl (C=O) groups excluding carboxylic acids is 1. The molecule has 2 rings (SSSR count). The van der Waals surface area contributed by atoms with E-state index >= 15 is 0 Å². The Morgan fingerprint density at radius 1 is 1.29 bits per heavy atom. The molecule has 4 heteroatoms. The third-order valence-electron chi connectivity index (χ3n) is 3.96. The fourth-order valence-electron chi connectivity index (χ4n) is 2.72. The van der Waals surface area contributed by atoms with Gasteiger partial charge in [0.2, 0.25) is 5.91 Å². The number of amides is 1. The minimum absolute atomic E-state index is 0.177. The van der Waals surface area contributed by atoms with Crippen molar-refractivity contribution in [1.29, 1.82) is 0 Å². The van der Waals surface area contributed by atoms with Crippen LogP contribution in [0.5, 0.6) is 0 Å². The van der Waals surface area contributed by atoms with Crippen molar-refractivity contribution in [1.82, 2.24) is 4.90 Å². The smallest absolute Gasteiger partial charge is 0.247 e. The molecule has 0 fully saturated rings. The van der Waals surface area contributed by atoms with Crippen LogP contribution in [0.4, 0.5) is 11.4 Å². The third-order valence-corrected chi connectivity index (χ3v) is 3.96. The van der Waals surface area contributed by atoms with Gasteiger partial charge in [-0.3, -0.25) is 4.79 Å². The Kier molecular flexibility index (Phi) is 5.48. The van der Waals surface area contributed by atoms with Crippen LogP contribution in [0.2, 0.25) is 0 Å². The lowest BCUT2D eigenvalue weighted by Gasteiger charge is -2.34. The van der Waals surface area contributed by atoms with Gasteiger partial charge >= 0.3 is 0 Å². The normalized spacial score (nSPS) is 16.9. The fraction of sp³-hybridized carbons (Fsp3) is 0.588. The number of hydrogen-bond acceptors (Lipinski definition) is 3. The first-order valence-corrected chi connectivity index (χ1v) is 8.03. The molecule has 0 aliphatic carbocycles. The molecular weight excluding hydrogens is 262 g/mol. The lowest BCUT2D eigenvalue weighted by Crippen LogP contribution is -2.50. The van der Waals surface area contributed by atoms with Crippen molar-refractivity contribution in [3.8, 4) is 0 Å². The average Bonchev–Trinajstić information content (AvgIpc) is 2.50. The van der Waals surface area contributed by atoms with E-state index in [1.807, 2.05) is 29.2 Å². The molecule has 21 heavy (non-hydrogen) atoms. The van der Waals surface area contributed by atoms with Crippen LogP contribution in [-0.4, -0.2) is 36.0 Å². The number of fused-ring (bicyclic) bond motifs is 1. The van der Waals surface area contributed by atoms with Crippen molar-refractivity contribution >= 4 is 17.3 Å². The first-order chi connectivity index (χ1) is 10.1. The zero-order chi connectivity index (χ0) is 15.2. The van der Waals surface area contributed by atoms with Gasteiger partial charge < -0.3 is 15.5 Å². The van der Waals surface area contributed by atoms with Crippen LogP contribution in [-0.2, 0) is 4.79 Å². The van der Waals surface area contributed by atoms with Crippen LogP contribution < -0.4 is 10.6 Å². The standard InChI is InChI=1S/C17H27N3O/c1-4-5-8-11-20(13(2)3)17(21)16-12-18-14-9-6-7-10-15(14)19-16/h6-7,9-10,13,16,18-19H,4-5,8,11-12H2,1-3H3. The van der Waals surface area contributed by atoms with E-state index in [1.54, 1.807) is 0 Å². The third kappa shape index (κ3) is 3.90. The molecule has 0 saturated heterocycles. The molecule has 0 spiro atoms. The number of nitrogens with zero attached hydrogens (tertiary/aromatic N) is 1. The van der Waals surface area contributed by atoms with Crippen molar-refractivity contribution in [2.24, 2.45) is 0 Å². The second-order valence-corrected chi connectivity index (χ2v) is 5.96. The van der Waals surface area contributed by atoms with Crippen molar-refractivity contribution in [2.45, 2.75) is 52.1 Å². The number of rotatable bonds is 6. The minimum Gasteiger partial charge on any atom is -0.381 e. The van der Waals surface area contributed by atoms with Gasteiger partial charge in [0.15, 0.2) is 0 Å². The molecule has 1 amide bonds. The van der Waals surface area contributed by atoms with Gasteiger partial charge in [0.25, 0.3) is 0 Å². The number of anilines is 2. The molecule has 0 aromatic heterocycles. The zero-order valence-corrected chi connectivity index (χ0v) is 13.4. The van der Waals surface area contributed by atoms with Crippen molar-refractivity contribution in [2.75, 3.05) is 23.7 Å². The van der Waals surface area contributed by atoms with Crippen LogP contribution in [0, 0.1) is 0 Å². The summed E-state index contributed by atoms with van der Waals surface area (Å²) in [5.41, 5.74) is 2.09. The minimum atomic E-state index is -0.177. The van der Waals surface area contributed by atoms with E-state index in [2.05, 4.69) is 31.4 Å². The maximum Gasteiger partial charge on any atom is 0.247 e. The Morgan fingerprint density at radius 2 is 2.00 bits per heavy atom. The van der Waals surface area contributed by atoms with Crippen LogP contribution in [0.3, 0.4) is 0 Å². The predicted molar refractivity (Wildman–Crippen MR) is 88.7 cm³/mol. The highest BCUT2D eigenvalue weighted by atomic mass is 16.2. The summed E-state index contributed by atoms with van der Waals surface area (Å²) in [5.74, 6) is 0.197. The predicted octanol–water partition coefficient (Wildman–Crippen LogP) is 3.32. The highest BCUT2D eigenvalue weighted by molar-refractivity contribution is 5.88. The molecule has 1 aliphatic rings. The van der Waals surface area contributed by atoms with Gasteiger partial charge in [0, 0.05) is 19.1 Å². The van der Waals surface area contributed by atoms with E-state index in [0.29, 0.717) is 6.54 Å². The van der Waals surface area contributed by atoms with E-state index in [0.717, 1.165) is 24.3 Å². The summed E-state index contributed by atoms with van der Waals surface area (Å²) in [7, 11) is 0. The van der Waals surface area contributed by atoms with E-state index < -0.39 is 0 Å². The van der Waals surface area contributed by atoms with Gasteiger partial charge in [0.1, 0.15) is 6.04 Å². The monoisotopic (exact) mass is 289 g/mol. The van der Waals surface area contributed by atoms with Crippen LogP contribution >= 0.6 is 0 Å². The molecule has 1 aromatic rings. The van der Waals surface area contributed by atoms with Crippen LogP contribution in [0.25, 0.3) is 0 Å². The highest BCUT2D eigenvalue weighted by Gasteiger charge is 2.28. The first kappa shape index (κ1) is 15.7. The lowest BCUT2D eigenvalue weighted by molar-refractivity contribution is -0.133. The zero-order valence-electron chi connectivity index (χ0n) is 13.4. The van der Waals surface area contributed by atoms with E-state index in [1.165, 1.54) is 12.8 Å². The van der Waals surface area contributed by atoms with Crippen molar-refractivity contribution < 1.29 is 4.79 Å².